The first-order chi connectivity index (χ1) is 12.5. The molecule has 6 heteroatoms. The number of benzene rings is 1. The summed E-state index contributed by atoms with van der Waals surface area (Å²) in [5.74, 6) is 1.10. The summed E-state index contributed by atoms with van der Waals surface area (Å²) in [6.07, 6.45) is 7.14. The van der Waals surface area contributed by atoms with Gasteiger partial charge in [-0.05, 0) is 58.3 Å². The van der Waals surface area contributed by atoms with Gasteiger partial charge in [-0.1, -0.05) is 17.2 Å². The molecule has 1 amide bonds. The molecule has 0 bridgehead atoms. The number of amides is 1. The highest BCUT2D eigenvalue weighted by molar-refractivity contribution is 5.90. The molecule has 6 nitrogen and oxygen atoms in total. The molecule has 1 aliphatic rings. The molecule has 138 valence electrons. The first-order valence-corrected chi connectivity index (χ1v) is 9.14. The fraction of sp³-hybridized carbons (Fsp3) is 0.450. The van der Waals surface area contributed by atoms with E-state index in [-0.39, 0.29) is 5.91 Å². The number of rotatable bonds is 5. The predicted molar refractivity (Wildman–Crippen MR) is 103 cm³/mol. The standard InChI is InChI=1S/C20H27N5O/c1-15-9-16(2)11-18(10-15)20-22-14-25(23-20)8-6-19(26)21-12-17-5-4-7-24(3)13-17/h6,8-11,14,17H,4-5,7,12-13H2,1-3H3,(H,21,26)/b8-6-. The molecule has 1 aromatic heterocycles. The van der Waals surface area contributed by atoms with Crippen LogP contribution in [0.15, 0.2) is 30.6 Å². The Balaban J connectivity index is 1.55. The average Bonchev–Trinajstić information content (AvgIpc) is 3.06. The van der Waals surface area contributed by atoms with Crippen LogP contribution in [0.2, 0.25) is 0 Å². The molecule has 1 atom stereocenters. The lowest BCUT2D eigenvalue weighted by Crippen LogP contribution is -2.38. The molecule has 0 spiro atoms. The second-order valence-electron chi connectivity index (χ2n) is 7.26. The van der Waals surface area contributed by atoms with Gasteiger partial charge in [0.25, 0.3) is 0 Å². The van der Waals surface area contributed by atoms with Crippen molar-refractivity contribution >= 4 is 12.1 Å². The molecule has 1 unspecified atom stereocenters. The second-order valence-corrected chi connectivity index (χ2v) is 7.26. The van der Waals surface area contributed by atoms with E-state index in [9.17, 15) is 4.79 Å². The van der Waals surface area contributed by atoms with E-state index in [2.05, 4.69) is 59.4 Å². The summed E-state index contributed by atoms with van der Waals surface area (Å²) >= 11 is 0. The average molecular weight is 353 g/mol. The maximum atomic E-state index is 12.0. The molecule has 0 saturated carbocycles. The number of likely N-dealkylation sites (tertiary alicyclic amines) is 1. The van der Waals surface area contributed by atoms with E-state index >= 15 is 0 Å². The van der Waals surface area contributed by atoms with Crippen LogP contribution in [-0.2, 0) is 4.79 Å². The molecule has 2 heterocycles. The van der Waals surface area contributed by atoms with Gasteiger partial charge in [0.15, 0.2) is 5.82 Å². The van der Waals surface area contributed by atoms with E-state index in [1.807, 2.05) is 0 Å². The second kappa shape index (κ2) is 8.27. The molecule has 0 aliphatic carbocycles. The van der Waals surface area contributed by atoms with Crippen molar-refractivity contribution in [3.8, 4) is 11.4 Å². The van der Waals surface area contributed by atoms with Crippen LogP contribution in [0.3, 0.4) is 0 Å². The third-order valence-electron chi connectivity index (χ3n) is 4.65. The van der Waals surface area contributed by atoms with Crippen LogP contribution >= 0.6 is 0 Å². The van der Waals surface area contributed by atoms with E-state index in [4.69, 9.17) is 0 Å². The highest BCUT2D eigenvalue weighted by Crippen LogP contribution is 2.18. The Morgan fingerprint density at radius 3 is 2.81 bits per heavy atom. The van der Waals surface area contributed by atoms with Crippen molar-refractivity contribution in [3.63, 3.8) is 0 Å². The van der Waals surface area contributed by atoms with E-state index in [1.54, 1.807) is 17.2 Å². The van der Waals surface area contributed by atoms with Crippen LogP contribution in [-0.4, -0.2) is 52.3 Å². The SMILES string of the molecule is Cc1cc(C)cc(-c2ncn(/C=C\C(=O)NCC3CCCN(C)C3)n2)c1. The van der Waals surface area contributed by atoms with Gasteiger partial charge in [-0.2, -0.15) is 0 Å². The van der Waals surface area contributed by atoms with Crippen LogP contribution in [0, 0.1) is 19.8 Å². The topological polar surface area (TPSA) is 63.1 Å². The fourth-order valence-corrected chi connectivity index (χ4v) is 3.47. The van der Waals surface area contributed by atoms with Gasteiger partial charge in [-0.3, -0.25) is 4.79 Å². The number of hydrogen-bond donors (Lipinski definition) is 1. The Bertz CT molecular complexity index is 775. The smallest absolute Gasteiger partial charge is 0.245 e. The molecule has 2 aromatic rings. The lowest BCUT2D eigenvalue weighted by Gasteiger charge is -2.29. The summed E-state index contributed by atoms with van der Waals surface area (Å²) in [5, 5.41) is 7.41. The van der Waals surface area contributed by atoms with Crippen molar-refractivity contribution in [2.24, 2.45) is 5.92 Å². The third-order valence-corrected chi connectivity index (χ3v) is 4.65. The number of piperidine rings is 1. The molecule has 26 heavy (non-hydrogen) atoms. The summed E-state index contributed by atoms with van der Waals surface area (Å²) < 4.78 is 1.57. The van der Waals surface area contributed by atoms with Crippen molar-refractivity contribution < 1.29 is 4.79 Å². The van der Waals surface area contributed by atoms with E-state index in [0.29, 0.717) is 11.7 Å². The number of carbonyl (C=O) groups excluding carboxylic acids is 1. The van der Waals surface area contributed by atoms with Gasteiger partial charge < -0.3 is 10.2 Å². The Labute approximate surface area is 154 Å². The zero-order valence-electron chi connectivity index (χ0n) is 15.8. The number of nitrogens with one attached hydrogen (secondary N) is 1. The van der Waals surface area contributed by atoms with Gasteiger partial charge in [0, 0.05) is 30.9 Å². The number of hydrogen-bond acceptors (Lipinski definition) is 4. The van der Waals surface area contributed by atoms with Crippen LogP contribution in [0.1, 0.15) is 24.0 Å². The Kier molecular flexibility index (Phi) is 5.83. The molecule has 1 aliphatic heterocycles. The molecule has 0 radical (unpaired) electrons. The molecule has 1 aromatic carbocycles. The molecule has 1 saturated heterocycles. The molecule has 3 rings (SSSR count). The summed E-state index contributed by atoms with van der Waals surface area (Å²) in [4.78, 5) is 18.7. The third kappa shape index (κ3) is 5.02. The first kappa shape index (κ1) is 18.3. The van der Waals surface area contributed by atoms with Gasteiger partial charge in [-0.25, -0.2) is 9.67 Å². The van der Waals surface area contributed by atoms with Crippen molar-refractivity contribution in [1.29, 1.82) is 0 Å². The van der Waals surface area contributed by atoms with E-state index < -0.39 is 0 Å². The maximum absolute atomic E-state index is 12.0. The van der Waals surface area contributed by atoms with Crippen LogP contribution < -0.4 is 5.32 Å². The highest BCUT2D eigenvalue weighted by atomic mass is 16.1. The van der Waals surface area contributed by atoms with Gasteiger partial charge >= 0.3 is 0 Å². The molecule has 1 fully saturated rings. The van der Waals surface area contributed by atoms with Crippen molar-refractivity contribution in [3.05, 3.63) is 41.7 Å². The molecular formula is C20H27N5O. The van der Waals surface area contributed by atoms with Gasteiger partial charge in [0.1, 0.15) is 6.33 Å². The monoisotopic (exact) mass is 353 g/mol. The minimum absolute atomic E-state index is 0.0957. The van der Waals surface area contributed by atoms with Crippen LogP contribution in [0.25, 0.3) is 17.6 Å². The summed E-state index contributed by atoms with van der Waals surface area (Å²) in [5.41, 5.74) is 3.35. The minimum Gasteiger partial charge on any atom is -0.352 e. The Morgan fingerprint density at radius 1 is 1.31 bits per heavy atom. The summed E-state index contributed by atoms with van der Waals surface area (Å²) in [7, 11) is 2.13. The lowest BCUT2D eigenvalue weighted by atomic mass is 9.98. The van der Waals surface area contributed by atoms with Gasteiger partial charge in [-0.15, -0.1) is 5.10 Å². The number of aryl methyl sites for hydroxylation is 2. The van der Waals surface area contributed by atoms with Gasteiger partial charge in [0.05, 0.1) is 0 Å². The fourth-order valence-electron chi connectivity index (χ4n) is 3.47. The largest absolute Gasteiger partial charge is 0.352 e. The van der Waals surface area contributed by atoms with Crippen LogP contribution in [0.5, 0.6) is 0 Å². The number of aromatic nitrogens is 3. The van der Waals surface area contributed by atoms with Crippen molar-refractivity contribution in [1.82, 2.24) is 25.0 Å². The number of carbonyl (C=O) groups is 1. The van der Waals surface area contributed by atoms with Crippen molar-refractivity contribution in [2.75, 3.05) is 26.7 Å². The zero-order valence-corrected chi connectivity index (χ0v) is 15.8. The maximum Gasteiger partial charge on any atom is 0.245 e. The normalized spacial score (nSPS) is 18.3. The summed E-state index contributed by atoms with van der Waals surface area (Å²) in [6, 6.07) is 6.24. The first-order valence-electron chi connectivity index (χ1n) is 9.14. The summed E-state index contributed by atoms with van der Waals surface area (Å²) in [6.45, 7) is 7.04. The molecular weight excluding hydrogens is 326 g/mol. The lowest BCUT2D eigenvalue weighted by molar-refractivity contribution is -0.116. The minimum atomic E-state index is -0.0957. The van der Waals surface area contributed by atoms with Crippen LogP contribution in [0.4, 0.5) is 0 Å². The van der Waals surface area contributed by atoms with Gasteiger partial charge in [0.2, 0.25) is 5.91 Å². The van der Waals surface area contributed by atoms with E-state index in [0.717, 1.165) is 25.2 Å². The van der Waals surface area contributed by atoms with Crippen molar-refractivity contribution in [2.45, 2.75) is 26.7 Å². The van der Waals surface area contributed by atoms with E-state index in [1.165, 1.54) is 30.0 Å². The Hall–Kier alpha value is -2.47. The highest BCUT2D eigenvalue weighted by Gasteiger charge is 2.17. The Morgan fingerprint density at radius 2 is 2.08 bits per heavy atom. The predicted octanol–water partition coefficient (Wildman–Crippen LogP) is 2.49. The molecule has 1 N–H and O–H groups in total. The number of nitrogens with zero attached hydrogens (tertiary/aromatic N) is 4. The quantitative estimate of drug-likeness (QED) is 0.839. The zero-order chi connectivity index (χ0) is 18.5.